The van der Waals surface area contributed by atoms with E-state index in [1.165, 1.54) is 54.0 Å². The highest BCUT2D eigenvalue weighted by Gasteiger charge is 2.00. The van der Waals surface area contributed by atoms with Crippen molar-refractivity contribution in [1.82, 2.24) is 5.32 Å². The van der Waals surface area contributed by atoms with E-state index in [2.05, 4.69) is 67.4 Å². The molecule has 1 N–H and O–H groups in total. The lowest BCUT2D eigenvalue weighted by atomic mass is 9.99. The normalized spacial score (nSPS) is 10.4. The molecule has 0 fully saturated rings. The summed E-state index contributed by atoms with van der Waals surface area (Å²) in [6, 6.07) is 17.7. The Labute approximate surface area is 152 Å². The van der Waals surface area contributed by atoms with Crippen LogP contribution in [0.15, 0.2) is 61.2 Å². The van der Waals surface area contributed by atoms with E-state index in [1.807, 2.05) is 0 Å². The molecule has 0 saturated heterocycles. The zero-order valence-corrected chi connectivity index (χ0v) is 15.3. The molecule has 1 amide bonds. The molecular weight excluding hydrogens is 306 g/mol. The maximum absolute atomic E-state index is 11.1. The molecule has 0 saturated carbocycles. The van der Waals surface area contributed by atoms with Gasteiger partial charge < -0.3 is 5.32 Å². The number of hydrogen-bond donors (Lipinski definition) is 1. The third-order valence-corrected chi connectivity index (χ3v) is 4.44. The van der Waals surface area contributed by atoms with Crippen LogP contribution in [0.1, 0.15) is 43.7 Å². The lowest BCUT2D eigenvalue weighted by Crippen LogP contribution is -2.22. The summed E-state index contributed by atoms with van der Waals surface area (Å²) in [6.07, 6.45) is 8.24. The van der Waals surface area contributed by atoms with Crippen molar-refractivity contribution in [2.24, 2.45) is 0 Å². The summed E-state index contributed by atoms with van der Waals surface area (Å²) in [7, 11) is 0. The molecule has 0 spiro atoms. The lowest BCUT2D eigenvalue weighted by molar-refractivity contribution is -0.116. The van der Waals surface area contributed by atoms with Crippen molar-refractivity contribution in [3.63, 3.8) is 0 Å². The highest BCUT2D eigenvalue weighted by Crippen LogP contribution is 2.21. The Bertz CT molecular complexity index is 655. The maximum atomic E-state index is 11.1. The first-order valence-corrected chi connectivity index (χ1v) is 9.31. The summed E-state index contributed by atoms with van der Waals surface area (Å²) in [5, 5.41) is 2.81. The number of carbonyl (C=O) groups excluding carboxylic acids is 1. The van der Waals surface area contributed by atoms with Crippen molar-refractivity contribution in [2.45, 2.75) is 45.4 Å². The van der Waals surface area contributed by atoms with Gasteiger partial charge >= 0.3 is 0 Å². The maximum Gasteiger partial charge on any atom is 0.243 e. The van der Waals surface area contributed by atoms with Gasteiger partial charge in [-0.25, -0.2) is 0 Å². The van der Waals surface area contributed by atoms with Gasteiger partial charge in [0.05, 0.1) is 0 Å². The fourth-order valence-corrected chi connectivity index (χ4v) is 2.88. The second-order valence-corrected chi connectivity index (χ2v) is 6.45. The van der Waals surface area contributed by atoms with E-state index in [4.69, 9.17) is 0 Å². The fraction of sp³-hybridized carbons (Fsp3) is 0.348. The second-order valence-electron chi connectivity index (χ2n) is 6.45. The zero-order valence-electron chi connectivity index (χ0n) is 15.3. The average Bonchev–Trinajstić information content (AvgIpc) is 2.66. The number of hydrogen-bond acceptors (Lipinski definition) is 1. The first-order chi connectivity index (χ1) is 12.2. The summed E-state index contributed by atoms with van der Waals surface area (Å²) < 4.78 is 0. The second kappa shape index (κ2) is 10.5. The molecule has 2 rings (SSSR count). The van der Waals surface area contributed by atoms with Crippen molar-refractivity contribution in [3.05, 3.63) is 72.3 Å². The minimum absolute atomic E-state index is 0.103. The Morgan fingerprint density at radius 2 is 1.40 bits per heavy atom. The number of unbranched alkanes of at least 4 members (excludes halogenated alkanes) is 2. The predicted octanol–water partition coefficient (Wildman–Crippen LogP) is 5.32. The summed E-state index contributed by atoms with van der Waals surface area (Å²) in [5.74, 6) is -0.103. The van der Waals surface area contributed by atoms with Gasteiger partial charge in [0.2, 0.25) is 5.91 Å². The van der Waals surface area contributed by atoms with Crippen LogP contribution in [-0.2, 0) is 17.6 Å². The van der Waals surface area contributed by atoms with Crippen LogP contribution in [-0.4, -0.2) is 12.5 Å². The molecule has 2 aromatic carbocycles. The number of amides is 1. The van der Waals surface area contributed by atoms with Crippen molar-refractivity contribution < 1.29 is 4.79 Å². The van der Waals surface area contributed by atoms with Crippen LogP contribution >= 0.6 is 0 Å². The Hall–Kier alpha value is -2.35. The Morgan fingerprint density at radius 3 is 1.88 bits per heavy atom. The largest absolute Gasteiger partial charge is 0.353 e. The molecule has 0 atom stereocenters. The third-order valence-electron chi connectivity index (χ3n) is 4.44. The molecule has 2 nitrogen and oxygen atoms in total. The van der Waals surface area contributed by atoms with E-state index in [0.717, 1.165) is 12.8 Å². The van der Waals surface area contributed by atoms with E-state index in [9.17, 15) is 4.79 Å². The Morgan fingerprint density at radius 1 is 0.880 bits per heavy atom. The van der Waals surface area contributed by atoms with Crippen molar-refractivity contribution in [1.29, 1.82) is 0 Å². The van der Waals surface area contributed by atoms with E-state index < -0.39 is 0 Å². The van der Waals surface area contributed by atoms with E-state index in [0.29, 0.717) is 6.54 Å². The molecule has 2 heteroatoms. The van der Waals surface area contributed by atoms with E-state index in [1.54, 1.807) is 0 Å². The highest BCUT2D eigenvalue weighted by atomic mass is 16.1. The summed E-state index contributed by atoms with van der Waals surface area (Å²) >= 11 is 0. The molecule has 0 bridgehead atoms. The Kier molecular flexibility index (Phi) is 7.97. The van der Waals surface area contributed by atoms with Gasteiger partial charge in [0, 0.05) is 6.54 Å². The van der Waals surface area contributed by atoms with E-state index >= 15 is 0 Å². The van der Waals surface area contributed by atoms with Crippen molar-refractivity contribution >= 4 is 5.91 Å². The van der Waals surface area contributed by atoms with Gasteiger partial charge in [-0.3, -0.25) is 4.79 Å². The standard InChI is InChI=1S/C23H29NO/c1-3-5-6-8-19-10-14-21(15-11-19)22-16-12-20(13-17-22)9-7-18-24-23(25)4-2/h4,10-17H,2-3,5-9,18H2,1H3,(H,24,25). The van der Waals surface area contributed by atoms with Crippen molar-refractivity contribution in [2.75, 3.05) is 6.54 Å². The van der Waals surface area contributed by atoms with Crippen LogP contribution in [0, 0.1) is 0 Å². The van der Waals surface area contributed by atoms with Gasteiger partial charge in [-0.1, -0.05) is 74.9 Å². The molecule has 25 heavy (non-hydrogen) atoms. The number of aryl methyl sites for hydroxylation is 2. The van der Waals surface area contributed by atoms with Crippen LogP contribution in [0.3, 0.4) is 0 Å². The number of carbonyl (C=O) groups is 1. The van der Waals surface area contributed by atoms with Crippen LogP contribution < -0.4 is 5.32 Å². The number of benzene rings is 2. The van der Waals surface area contributed by atoms with Gasteiger partial charge in [-0.15, -0.1) is 0 Å². The minimum Gasteiger partial charge on any atom is -0.353 e. The van der Waals surface area contributed by atoms with Crippen LogP contribution in [0.2, 0.25) is 0 Å². The van der Waals surface area contributed by atoms with Crippen LogP contribution in [0.25, 0.3) is 11.1 Å². The van der Waals surface area contributed by atoms with Crippen LogP contribution in [0.5, 0.6) is 0 Å². The van der Waals surface area contributed by atoms with Gasteiger partial charge in [-0.2, -0.15) is 0 Å². The van der Waals surface area contributed by atoms with Gasteiger partial charge in [-0.05, 0) is 54.0 Å². The van der Waals surface area contributed by atoms with Crippen LogP contribution in [0.4, 0.5) is 0 Å². The first kappa shape index (κ1) is 19.0. The summed E-state index contributed by atoms with van der Waals surface area (Å²) in [6.45, 7) is 6.37. The number of rotatable bonds is 10. The molecule has 0 aliphatic carbocycles. The molecule has 2 aromatic rings. The first-order valence-electron chi connectivity index (χ1n) is 9.31. The molecule has 0 aromatic heterocycles. The topological polar surface area (TPSA) is 29.1 Å². The zero-order chi connectivity index (χ0) is 17.9. The lowest BCUT2D eigenvalue weighted by Gasteiger charge is -2.07. The number of nitrogens with one attached hydrogen (secondary N) is 1. The van der Waals surface area contributed by atoms with Gasteiger partial charge in [0.1, 0.15) is 0 Å². The fourth-order valence-electron chi connectivity index (χ4n) is 2.88. The molecular formula is C23H29NO. The van der Waals surface area contributed by atoms with Gasteiger partial charge in [0.15, 0.2) is 0 Å². The monoisotopic (exact) mass is 335 g/mol. The minimum atomic E-state index is -0.103. The SMILES string of the molecule is C=CC(=O)NCCCc1ccc(-c2ccc(CCCCC)cc2)cc1. The molecule has 0 aliphatic heterocycles. The third kappa shape index (κ3) is 6.58. The molecule has 0 unspecified atom stereocenters. The summed E-state index contributed by atoms with van der Waals surface area (Å²) in [5.41, 5.74) is 5.25. The quantitative estimate of drug-likeness (QED) is 0.462. The predicted molar refractivity (Wildman–Crippen MR) is 107 cm³/mol. The molecule has 0 radical (unpaired) electrons. The smallest absolute Gasteiger partial charge is 0.243 e. The van der Waals surface area contributed by atoms with Crippen molar-refractivity contribution in [3.8, 4) is 11.1 Å². The molecule has 0 heterocycles. The van der Waals surface area contributed by atoms with E-state index in [-0.39, 0.29) is 5.91 Å². The Balaban J connectivity index is 1.84. The average molecular weight is 335 g/mol. The summed E-state index contributed by atoms with van der Waals surface area (Å²) in [4.78, 5) is 11.1. The highest BCUT2D eigenvalue weighted by molar-refractivity contribution is 5.86. The molecule has 0 aliphatic rings. The van der Waals surface area contributed by atoms with Gasteiger partial charge in [0.25, 0.3) is 0 Å². The molecule has 132 valence electrons.